The molecule has 0 aromatic heterocycles. The first-order valence-electron chi connectivity index (χ1n) is 9.19. The van der Waals surface area contributed by atoms with Gasteiger partial charge in [0.05, 0.1) is 5.56 Å². The van der Waals surface area contributed by atoms with E-state index in [1.807, 2.05) is 0 Å². The number of likely N-dealkylation sites (tertiary alicyclic amines) is 1. The standard InChI is InChI=1S/C21H18F4N2O2/c22-16-5-2-6-17(10-16)27-13-20(11-18(27)28)7-8-26(12-20)19(29)14-3-1-4-15(9-14)21(23,24)25/h1-6,9-10H,7-8,11-13H2/t20-/m0/s1. The fraction of sp³-hybridized carbons (Fsp3) is 0.333. The van der Waals surface area contributed by atoms with E-state index in [1.165, 1.54) is 40.1 Å². The van der Waals surface area contributed by atoms with E-state index in [9.17, 15) is 27.2 Å². The van der Waals surface area contributed by atoms with E-state index < -0.39 is 28.9 Å². The minimum atomic E-state index is -4.52. The number of hydrogen-bond donors (Lipinski definition) is 0. The Hall–Kier alpha value is -2.90. The molecule has 0 saturated carbocycles. The molecule has 2 aliphatic heterocycles. The molecule has 4 rings (SSSR count). The number of hydrogen-bond acceptors (Lipinski definition) is 2. The first kappa shape index (κ1) is 19.4. The molecule has 0 aliphatic carbocycles. The van der Waals surface area contributed by atoms with Crippen molar-refractivity contribution in [1.29, 1.82) is 0 Å². The molecule has 2 aliphatic rings. The summed E-state index contributed by atoms with van der Waals surface area (Å²) in [6.07, 6.45) is -3.74. The van der Waals surface area contributed by atoms with Gasteiger partial charge in [-0.25, -0.2) is 4.39 Å². The molecule has 2 fully saturated rings. The van der Waals surface area contributed by atoms with Gasteiger partial charge in [-0.2, -0.15) is 13.2 Å². The van der Waals surface area contributed by atoms with Crippen LogP contribution in [0.3, 0.4) is 0 Å². The van der Waals surface area contributed by atoms with Crippen molar-refractivity contribution < 1.29 is 27.2 Å². The van der Waals surface area contributed by atoms with E-state index >= 15 is 0 Å². The Morgan fingerprint density at radius 2 is 1.79 bits per heavy atom. The lowest BCUT2D eigenvalue weighted by atomic mass is 9.86. The maximum atomic E-state index is 13.5. The highest BCUT2D eigenvalue weighted by molar-refractivity contribution is 5.97. The summed E-state index contributed by atoms with van der Waals surface area (Å²) in [6, 6.07) is 10.1. The smallest absolute Gasteiger partial charge is 0.338 e. The third kappa shape index (κ3) is 3.71. The maximum absolute atomic E-state index is 13.5. The van der Waals surface area contributed by atoms with Gasteiger partial charge in [0.2, 0.25) is 5.91 Å². The van der Waals surface area contributed by atoms with Gasteiger partial charge in [-0.3, -0.25) is 9.59 Å². The van der Waals surface area contributed by atoms with Crippen LogP contribution in [0.1, 0.15) is 28.8 Å². The first-order chi connectivity index (χ1) is 13.7. The molecule has 29 heavy (non-hydrogen) atoms. The normalized spacial score (nSPS) is 22.0. The first-order valence-corrected chi connectivity index (χ1v) is 9.19. The minimum absolute atomic E-state index is 0.0248. The number of halogens is 4. The van der Waals surface area contributed by atoms with E-state index in [0.29, 0.717) is 25.2 Å². The minimum Gasteiger partial charge on any atom is -0.338 e. The van der Waals surface area contributed by atoms with Crippen molar-refractivity contribution in [1.82, 2.24) is 4.90 Å². The fourth-order valence-corrected chi connectivity index (χ4v) is 4.17. The van der Waals surface area contributed by atoms with Gasteiger partial charge in [0.1, 0.15) is 5.82 Å². The van der Waals surface area contributed by atoms with Crippen LogP contribution in [0.4, 0.5) is 23.2 Å². The van der Waals surface area contributed by atoms with Crippen LogP contribution in [-0.2, 0) is 11.0 Å². The summed E-state index contributed by atoms with van der Waals surface area (Å²) in [6.45, 7) is 0.987. The zero-order chi connectivity index (χ0) is 20.8. The quantitative estimate of drug-likeness (QED) is 0.705. The molecule has 8 heteroatoms. The lowest BCUT2D eigenvalue weighted by molar-refractivity contribution is -0.137. The molecule has 0 unspecified atom stereocenters. The van der Waals surface area contributed by atoms with Crippen molar-refractivity contribution in [3.63, 3.8) is 0 Å². The van der Waals surface area contributed by atoms with Gasteiger partial charge >= 0.3 is 6.18 Å². The highest BCUT2D eigenvalue weighted by atomic mass is 19.4. The summed E-state index contributed by atoms with van der Waals surface area (Å²) in [7, 11) is 0. The molecule has 2 amide bonds. The molecule has 2 aromatic rings. The molecule has 0 bridgehead atoms. The van der Waals surface area contributed by atoms with Crippen LogP contribution >= 0.6 is 0 Å². The highest BCUT2D eigenvalue weighted by Gasteiger charge is 2.49. The van der Waals surface area contributed by atoms with Gasteiger partial charge in [0.15, 0.2) is 0 Å². The molecule has 2 aromatic carbocycles. The third-order valence-electron chi connectivity index (χ3n) is 5.60. The Bertz CT molecular complexity index is 975. The molecule has 1 atom stereocenters. The second-order valence-corrected chi connectivity index (χ2v) is 7.69. The Morgan fingerprint density at radius 1 is 1.03 bits per heavy atom. The molecule has 2 saturated heterocycles. The van der Waals surface area contributed by atoms with E-state index in [1.54, 1.807) is 6.07 Å². The van der Waals surface area contributed by atoms with Gasteiger partial charge < -0.3 is 9.80 Å². The second kappa shape index (κ2) is 6.86. The maximum Gasteiger partial charge on any atom is 0.416 e. The van der Waals surface area contributed by atoms with Crippen LogP contribution in [0.2, 0.25) is 0 Å². The number of carbonyl (C=O) groups is 2. The summed E-state index contributed by atoms with van der Waals surface area (Å²) in [4.78, 5) is 28.3. The summed E-state index contributed by atoms with van der Waals surface area (Å²) in [5, 5.41) is 0. The number of alkyl halides is 3. The van der Waals surface area contributed by atoms with Crippen LogP contribution in [0.25, 0.3) is 0 Å². The van der Waals surface area contributed by atoms with Gasteiger partial charge in [-0.05, 0) is 42.8 Å². The van der Waals surface area contributed by atoms with Crippen LogP contribution in [-0.4, -0.2) is 36.3 Å². The molecule has 2 heterocycles. The third-order valence-corrected chi connectivity index (χ3v) is 5.60. The summed E-state index contributed by atoms with van der Waals surface area (Å²) in [5.41, 5.74) is -0.899. The lowest BCUT2D eigenvalue weighted by Gasteiger charge is -2.24. The van der Waals surface area contributed by atoms with Crippen LogP contribution < -0.4 is 4.90 Å². The van der Waals surface area contributed by atoms with Crippen molar-refractivity contribution in [2.24, 2.45) is 5.41 Å². The Morgan fingerprint density at radius 3 is 2.52 bits per heavy atom. The Labute approximate surface area is 164 Å². The van der Waals surface area contributed by atoms with E-state index in [2.05, 4.69) is 0 Å². The zero-order valence-corrected chi connectivity index (χ0v) is 15.4. The molecular formula is C21H18F4N2O2. The van der Waals surface area contributed by atoms with E-state index in [-0.39, 0.29) is 24.4 Å². The van der Waals surface area contributed by atoms with Crippen LogP contribution in [0, 0.1) is 11.2 Å². The predicted molar refractivity (Wildman–Crippen MR) is 97.8 cm³/mol. The Kier molecular flexibility index (Phi) is 4.59. The fourth-order valence-electron chi connectivity index (χ4n) is 4.17. The van der Waals surface area contributed by atoms with Crippen LogP contribution in [0.15, 0.2) is 48.5 Å². The average Bonchev–Trinajstić information content (AvgIpc) is 3.23. The molecule has 0 radical (unpaired) electrons. The second-order valence-electron chi connectivity index (χ2n) is 7.69. The van der Waals surface area contributed by atoms with Crippen molar-refractivity contribution in [3.8, 4) is 0 Å². The van der Waals surface area contributed by atoms with Gasteiger partial charge in [-0.1, -0.05) is 12.1 Å². The van der Waals surface area contributed by atoms with Gasteiger partial charge in [0.25, 0.3) is 5.91 Å². The van der Waals surface area contributed by atoms with E-state index in [0.717, 1.165) is 12.1 Å². The molecule has 1 spiro atoms. The highest BCUT2D eigenvalue weighted by Crippen LogP contribution is 2.42. The summed E-state index contributed by atoms with van der Waals surface area (Å²) < 4.78 is 52.3. The number of anilines is 1. The van der Waals surface area contributed by atoms with Crippen molar-refractivity contribution in [2.45, 2.75) is 19.0 Å². The lowest BCUT2D eigenvalue weighted by Crippen LogP contribution is -2.34. The molecule has 4 nitrogen and oxygen atoms in total. The number of carbonyl (C=O) groups excluding carboxylic acids is 2. The molecule has 152 valence electrons. The molecule has 0 N–H and O–H groups in total. The van der Waals surface area contributed by atoms with Crippen molar-refractivity contribution >= 4 is 17.5 Å². The largest absolute Gasteiger partial charge is 0.416 e. The van der Waals surface area contributed by atoms with Gasteiger partial charge in [-0.15, -0.1) is 0 Å². The van der Waals surface area contributed by atoms with Crippen molar-refractivity contribution in [3.05, 3.63) is 65.5 Å². The monoisotopic (exact) mass is 406 g/mol. The molecular weight excluding hydrogens is 388 g/mol. The number of rotatable bonds is 2. The van der Waals surface area contributed by atoms with Crippen LogP contribution in [0.5, 0.6) is 0 Å². The number of amides is 2. The topological polar surface area (TPSA) is 40.6 Å². The summed E-state index contributed by atoms with van der Waals surface area (Å²) in [5.74, 6) is -1.07. The Balaban J connectivity index is 1.51. The predicted octanol–water partition coefficient (Wildman–Crippen LogP) is 4.11. The van der Waals surface area contributed by atoms with E-state index in [4.69, 9.17) is 0 Å². The number of nitrogens with zero attached hydrogens (tertiary/aromatic N) is 2. The van der Waals surface area contributed by atoms with Gasteiger partial charge in [0, 0.05) is 42.7 Å². The zero-order valence-electron chi connectivity index (χ0n) is 15.4. The SMILES string of the molecule is O=C(c1cccc(C(F)(F)F)c1)N1CC[C@]2(CC(=O)N(c3cccc(F)c3)C2)C1. The average molecular weight is 406 g/mol. The number of benzene rings is 2. The van der Waals surface area contributed by atoms with Crippen molar-refractivity contribution in [2.75, 3.05) is 24.5 Å². The summed E-state index contributed by atoms with van der Waals surface area (Å²) >= 11 is 0.